The first-order valence-corrected chi connectivity index (χ1v) is 3.43. The van der Waals surface area contributed by atoms with Crippen molar-refractivity contribution in [3.05, 3.63) is 24.3 Å². The molecule has 1 N–H and O–H groups in total. The molecule has 2 aliphatic rings. The van der Waals surface area contributed by atoms with E-state index in [1.807, 2.05) is 0 Å². The van der Waals surface area contributed by atoms with Crippen LogP contribution in [0.15, 0.2) is 24.3 Å². The van der Waals surface area contributed by atoms with Crippen LogP contribution < -0.4 is 0 Å². The first-order valence-electron chi connectivity index (χ1n) is 3.43. The maximum atomic E-state index is 10.6. The van der Waals surface area contributed by atoms with Gasteiger partial charge in [-0.3, -0.25) is 4.79 Å². The van der Waals surface area contributed by atoms with Gasteiger partial charge in [-0.1, -0.05) is 12.2 Å². The molecule has 1 fully saturated rings. The summed E-state index contributed by atoms with van der Waals surface area (Å²) in [7, 11) is 0. The van der Waals surface area contributed by atoms with E-state index in [1.165, 1.54) is 0 Å². The molecule has 1 aliphatic heterocycles. The fourth-order valence-electron chi connectivity index (χ4n) is 1.40. The number of aliphatic hydroxyl groups is 1. The SMILES string of the molecule is O=CC12C=CC=CC1(CO)O2. The molecule has 2 atom stereocenters. The van der Waals surface area contributed by atoms with Crippen LogP contribution in [0, 0.1) is 0 Å². The molecule has 2 rings (SSSR count). The largest absolute Gasteiger partial charge is 0.393 e. The highest BCUT2D eigenvalue weighted by Gasteiger charge is 2.68. The van der Waals surface area contributed by atoms with Crippen molar-refractivity contribution in [2.24, 2.45) is 0 Å². The second-order valence-corrected chi connectivity index (χ2v) is 2.78. The van der Waals surface area contributed by atoms with Gasteiger partial charge in [-0.05, 0) is 12.2 Å². The summed E-state index contributed by atoms with van der Waals surface area (Å²) in [5.41, 5.74) is -1.61. The van der Waals surface area contributed by atoms with E-state index in [2.05, 4.69) is 0 Å². The van der Waals surface area contributed by atoms with Gasteiger partial charge in [0.1, 0.15) is 0 Å². The molecule has 1 heterocycles. The third-order valence-corrected chi connectivity index (χ3v) is 2.20. The van der Waals surface area contributed by atoms with E-state index in [9.17, 15) is 4.79 Å². The number of aliphatic hydroxyl groups excluding tert-OH is 1. The number of hydrogen-bond acceptors (Lipinski definition) is 3. The number of hydrogen-bond donors (Lipinski definition) is 1. The lowest BCUT2D eigenvalue weighted by molar-refractivity contribution is -0.110. The normalized spacial score (nSPS) is 45.2. The summed E-state index contributed by atoms with van der Waals surface area (Å²) in [4.78, 5) is 10.6. The van der Waals surface area contributed by atoms with Crippen LogP contribution in [-0.2, 0) is 9.53 Å². The molecule has 2 unspecified atom stereocenters. The Bertz CT molecular complexity index is 256. The van der Waals surface area contributed by atoms with Gasteiger partial charge in [0, 0.05) is 0 Å². The lowest BCUT2D eigenvalue weighted by atomic mass is 9.90. The van der Waals surface area contributed by atoms with Crippen molar-refractivity contribution in [2.75, 3.05) is 6.61 Å². The maximum absolute atomic E-state index is 10.6. The summed E-state index contributed by atoms with van der Waals surface area (Å²) in [5.74, 6) is 0. The molecule has 1 saturated heterocycles. The van der Waals surface area contributed by atoms with E-state index in [1.54, 1.807) is 24.3 Å². The highest BCUT2D eigenvalue weighted by atomic mass is 16.6. The zero-order chi connectivity index (χ0) is 7.95. The molecule has 0 amide bonds. The van der Waals surface area contributed by atoms with Crippen LogP contribution in [0.2, 0.25) is 0 Å². The number of carbonyl (C=O) groups excluding carboxylic acids is 1. The van der Waals surface area contributed by atoms with Crippen molar-refractivity contribution in [2.45, 2.75) is 11.2 Å². The molecule has 0 aromatic heterocycles. The zero-order valence-corrected chi connectivity index (χ0v) is 5.86. The molecule has 58 valence electrons. The maximum Gasteiger partial charge on any atom is 0.178 e. The van der Waals surface area contributed by atoms with Crippen molar-refractivity contribution in [1.29, 1.82) is 0 Å². The van der Waals surface area contributed by atoms with Crippen LogP contribution in [0.25, 0.3) is 0 Å². The molecule has 3 nitrogen and oxygen atoms in total. The van der Waals surface area contributed by atoms with Gasteiger partial charge >= 0.3 is 0 Å². The Labute approximate surface area is 64.0 Å². The predicted molar refractivity (Wildman–Crippen MR) is 38.0 cm³/mol. The Balaban J connectivity index is 2.36. The molecule has 11 heavy (non-hydrogen) atoms. The molecule has 3 heteroatoms. The minimum Gasteiger partial charge on any atom is -0.393 e. The summed E-state index contributed by atoms with van der Waals surface area (Å²) < 4.78 is 5.16. The highest BCUT2D eigenvalue weighted by Crippen LogP contribution is 2.50. The van der Waals surface area contributed by atoms with Gasteiger partial charge < -0.3 is 9.84 Å². The van der Waals surface area contributed by atoms with Gasteiger partial charge in [-0.2, -0.15) is 0 Å². The molecule has 0 spiro atoms. The van der Waals surface area contributed by atoms with Gasteiger partial charge in [-0.15, -0.1) is 0 Å². The lowest BCUT2D eigenvalue weighted by Crippen LogP contribution is -2.28. The van der Waals surface area contributed by atoms with Crippen molar-refractivity contribution in [3.8, 4) is 0 Å². The van der Waals surface area contributed by atoms with Crippen molar-refractivity contribution < 1.29 is 14.6 Å². The smallest absolute Gasteiger partial charge is 0.178 e. The van der Waals surface area contributed by atoms with Crippen LogP contribution in [0.4, 0.5) is 0 Å². The van der Waals surface area contributed by atoms with E-state index in [0.29, 0.717) is 0 Å². The predicted octanol–water partition coefficient (Wildman–Crippen LogP) is -0.189. The summed E-state index contributed by atoms with van der Waals surface area (Å²) in [5, 5.41) is 8.92. The average molecular weight is 152 g/mol. The summed E-state index contributed by atoms with van der Waals surface area (Å²) in [6.07, 6.45) is 7.61. The van der Waals surface area contributed by atoms with E-state index in [-0.39, 0.29) is 6.61 Å². The van der Waals surface area contributed by atoms with E-state index in [0.717, 1.165) is 6.29 Å². The minimum absolute atomic E-state index is 0.146. The van der Waals surface area contributed by atoms with Crippen LogP contribution in [0.3, 0.4) is 0 Å². The average Bonchev–Trinajstić information content (AvgIpc) is 2.75. The Morgan fingerprint density at radius 1 is 1.45 bits per heavy atom. The molecular weight excluding hydrogens is 144 g/mol. The van der Waals surface area contributed by atoms with Gasteiger partial charge in [-0.25, -0.2) is 0 Å². The van der Waals surface area contributed by atoms with Gasteiger partial charge in [0.15, 0.2) is 17.5 Å². The van der Waals surface area contributed by atoms with Crippen molar-refractivity contribution in [1.82, 2.24) is 0 Å². The van der Waals surface area contributed by atoms with Crippen LogP contribution >= 0.6 is 0 Å². The minimum atomic E-state index is -0.865. The Morgan fingerprint density at radius 2 is 2.18 bits per heavy atom. The fraction of sp³-hybridized carbons (Fsp3) is 0.375. The topological polar surface area (TPSA) is 49.8 Å². The highest BCUT2D eigenvalue weighted by molar-refractivity contribution is 5.76. The van der Waals surface area contributed by atoms with E-state index in [4.69, 9.17) is 9.84 Å². The van der Waals surface area contributed by atoms with Gasteiger partial charge in [0.05, 0.1) is 6.61 Å². The van der Waals surface area contributed by atoms with Crippen LogP contribution in [-0.4, -0.2) is 29.2 Å². The first-order chi connectivity index (χ1) is 5.29. The Hall–Kier alpha value is -0.930. The number of rotatable bonds is 2. The summed E-state index contributed by atoms with van der Waals surface area (Å²) >= 11 is 0. The second-order valence-electron chi connectivity index (χ2n) is 2.78. The molecule has 0 saturated carbocycles. The molecule has 0 bridgehead atoms. The van der Waals surface area contributed by atoms with Crippen LogP contribution in [0.1, 0.15) is 0 Å². The quantitative estimate of drug-likeness (QED) is 0.440. The molecular formula is C8H8O3. The fourth-order valence-corrected chi connectivity index (χ4v) is 1.40. The summed E-state index contributed by atoms with van der Waals surface area (Å²) in [6.45, 7) is -0.146. The number of aldehydes is 1. The van der Waals surface area contributed by atoms with Gasteiger partial charge in [0.25, 0.3) is 0 Å². The molecule has 0 radical (unpaired) electrons. The van der Waals surface area contributed by atoms with E-state index >= 15 is 0 Å². The summed E-state index contributed by atoms with van der Waals surface area (Å²) in [6, 6.07) is 0. The third-order valence-electron chi connectivity index (χ3n) is 2.20. The van der Waals surface area contributed by atoms with Gasteiger partial charge in [0.2, 0.25) is 0 Å². The Morgan fingerprint density at radius 3 is 2.73 bits per heavy atom. The van der Waals surface area contributed by atoms with E-state index < -0.39 is 11.2 Å². The Kier molecular flexibility index (Phi) is 1.11. The first kappa shape index (κ1) is 6.76. The number of allylic oxidation sites excluding steroid dienone is 2. The van der Waals surface area contributed by atoms with Crippen molar-refractivity contribution >= 4 is 6.29 Å². The number of ether oxygens (including phenoxy) is 1. The standard InChI is InChI=1S/C8H8O3/c9-5-7-3-1-2-4-8(7,6-10)11-7/h1-5,10H,6H2. The second kappa shape index (κ2) is 1.81. The molecule has 0 aromatic carbocycles. The number of carbonyl (C=O) groups is 1. The van der Waals surface area contributed by atoms with Crippen molar-refractivity contribution in [3.63, 3.8) is 0 Å². The number of epoxide rings is 1. The third kappa shape index (κ3) is 0.619. The monoisotopic (exact) mass is 152 g/mol. The molecule has 1 aliphatic carbocycles. The van der Waals surface area contributed by atoms with Crippen LogP contribution in [0.5, 0.6) is 0 Å². The zero-order valence-electron chi connectivity index (χ0n) is 5.86. The number of fused-ring (bicyclic) bond motifs is 1. The molecule has 0 aromatic rings. The lowest BCUT2D eigenvalue weighted by Gasteiger charge is -2.07.